The van der Waals surface area contributed by atoms with E-state index in [0.29, 0.717) is 11.3 Å². The lowest BCUT2D eigenvalue weighted by molar-refractivity contribution is 0.0602. The summed E-state index contributed by atoms with van der Waals surface area (Å²) in [5, 5.41) is 0. The van der Waals surface area contributed by atoms with Gasteiger partial charge in [-0.05, 0) is 42.5 Å². The highest BCUT2D eigenvalue weighted by Gasteiger charge is 2.10. The average Bonchev–Trinajstić information content (AvgIpc) is 2.41. The summed E-state index contributed by atoms with van der Waals surface area (Å²) < 4.78 is 5.70. The fourth-order valence-corrected chi connectivity index (χ4v) is 2.67. The van der Waals surface area contributed by atoms with Crippen LogP contribution in [-0.4, -0.2) is 13.1 Å². The van der Waals surface area contributed by atoms with Crippen molar-refractivity contribution in [2.75, 3.05) is 12.8 Å². The molecule has 2 N–H and O–H groups in total. The minimum atomic E-state index is -0.419. The molecule has 0 unspecified atom stereocenters. The van der Waals surface area contributed by atoms with Gasteiger partial charge in [0.25, 0.3) is 0 Å². The Labute approximate surface area is 124 Å². The zero-order valence-electron chi connectivity index (χ0n) is 10.2. The van der Waals surface area contributed by atoms with Crippen LogP contribution in [-0.2, 0) is 4.74 Å². The van der Waals surface area contributed by atoms with Crippen LogP contribution in [0.3, 0.4) is 0 Å². The number of esters is 1. The fourth-order valence-electron chi connectivity index (χ4n) is 1.54. The van der Waals surface area contributed by atoms with Crippen molar-refractivity contribution in [3.63, 3.8) is 0 Å². The van der Waals surface area contributed by atoms with Crippen molar-refractivity contribution >= 4 is 39.3 Å². The summed E-state index contributed by atoms with van der Waals surface area (Å²) in [6.45, 7) is 0. The maximum Gasteiger partial charge on any atom is 0.339 e. The molecule has 0 amide bonds. The van der Waals surface area contributed by atoms with E-state index in [-0.39, 0.29) is 0 Å². The van der Waals surface area contributed by atoms with E-state index in [4.69, 9.17) is 5.73 Å². The van der Waals surface area contributed by atoms with Gasteiger partial charge in [-0.1, -0.05) is 27.7 Å². The maximum absolute atomic E-state index is 11.4. The normalized spacial score (nSPS) is 10.2. The van der Waals surface area contributed by atoms with Gasteiger partial charge in [-0.25, -0.2) is 4.79 Å². The number of anilines is 1. The first kappa shape index (κ1) is 14.0. The Balaban J connectivity index is 2.20. The fraction of sp³-hybridized carbons (Fsp3) is 0.0714. The lowest BCUT2D eigenvalue weighted by Gasteiger charge is -2.07. The number of nitrogens with two attached hydrogens (primary N) is 1. The molecule has 0 aromatic heterocycles. The van der Waals surface area contributed by atoms with Crippen molar-refractivity contribution in [3.8, 4) is 0 Å². The third-order valence-electron chi connectivity index (χ3n) is 2.48. The molecule has 0 saturated heterocycles. The van der Waals surface area contributed by atoms with Gasteiger partial charge >= 0.3 is 5.97 Å². The van der Waals surface area contributed by atoms with E-state index < -0.39 is 5.97 Å². The molecule has 0 heterocycles. The minimum absolute atomic E-state index is 0.391. The van der Waals surface area contributed by atoms with Gasteiger partial charge in [-0.3, -0.25) is 0 Å². The highest BCUT2D eigenvalue weighted by atomic mass is 79.9. The molecule has 0 spiro atoms. The van der Waals surface area contributed by atoms with Crippen LogP contribution in [0.1, 0.15) is 10.4 Å². The van der Waals surface area contributed by atoms with E-state index in [0.717, 1.165) is 14.3 Å². The summed E-state index contributed by atoms with van der Waals surface area (Å²) >= 11 is 4.98. The van der Waals surface area contributed by atoms with Crippen molar-refractivity contribution in [2.45, 2.75) is 9.79 Å². The molecule has 0 fully saturated rings. The molecule has 3 nitrogen and oxygen atoms in total. The lowest BCUT2D eigenvalue weighted by atomic mass is 10.2. The molecule has 5 heteroatoms. The number of rotatable bonds is 3. The largest absolute Gasteiger partial charge is 0.465 e. The van der Waals surface area contributed by atoms with E-state index in [1.165, 1.54) is 7.11 Å². The Bertz CT molecular complexity index is 599. The number of halogens is 1. The monoisotopic (exact) mass is 337 g/mol. The Hall–Kier alpha value is -1.46. The number of benzene rings is 2. The van der Waals surface area contributed by atoms with Crippen LogP contribution in [0.15, 0.2) is 56.7 Å². The summed E-state index contributed by atoms with van der Waals surface area (Å²) in [6, 6.07) is 13.3. The van der Waals surface area contributed by atoms with Crippen LogP contribution in [0, 0.1) is 0 Å². The lowest BCUT2D eigenvalue weighted by Crippen LogP contribution is -2.05. The molecule has 0 saturated carbocycles. The maximum atomic E-state index is 11.4. The van der Waals surface area contributed by atoms with Gasteiger partial charge in [0, 0.05) is 20.0 Å². The van der Waals surface area contributed by atoms with Gasteiger partial charge in [0.05, 0.1) is 12.7 Å². The Morgan fingerprint density at radius 3 is 2.37 bits per heavy atom. The third-order valence-corrected chi connectivity index (χ3v) is 4.00. The van der Waals surface area contributed by atoms with Crippen LogP contribution >= 0.6 is 27.7 Å². The first-order chi connectivity index (χ1) is 9.10. The predicted molar refractivity (Wildman–Crippen MR) is 80.5 cm³/mol. The summed E-state index contributed by atoms with van der Waals surface area (Å²) in [5.41, 5.74) is 6.67. The smallest absolute Gasteiger partial charge is 0.339 e. The molecule has 2 rings (SSSR count). The molecule has 2 aromatic rings. The molecular weight excluding hydrogens is 326 g/mol. The second-order valence-corrected chi connectivity index (χ2v) is 5.86. The van der Waals surface area contributed by atoms with Crippen molar-refractivity contribution in [2.24, 2.45) is 0 Å². The average molecular weight is 338 g/mol. The van der Waals surface area contributed by atoms with Gasteiger partial charge in [0.2, 0.25) is 0 Å². The molecule has 98 valence electrons. The molecule has 0 atom stereocenters. The predicted octanol–water partition coefficient (Wildman–Crippen LogP) is 3.97. The molecule has 0 radical (unpaired) electrons. The molecule has 0 aliphatic rings. The number of methoxy groups -OCH3 is 1. The topological polar surface area (TPSA) is 52.3 Å². The number of ether oxygens (including phenoxy) is 1. The molecule has 0 aliphatic carbocycles. The molecule has 19 heavy (non-hydrogen) atoms. The van der Waals surface area contributed by atoms with Gasteiger partial charge in [0.1, 0.15) is 0 Å². The van der Waals surface area contributed by atoms with Crippen LogP contribution in [0.2, 0.25) is 0 Å². The van der Waals surface area contributed by atoms with Crippen LogP contribution in [0.4, 0.5) is 5.69 Å². The third kappa shape index (κ3) is 3.52. The second kappa shape index (κ2) is 6.12. The standard InChI is InChI=1S/C14H12BrNO2S/c1-18-14(17)12-7-6-11(8-13(12)16)19-10-4-2-9(15)3-5-10/h2-8H,16H2,1H3. The van der Waals surface area contributed by atoms with E-state index in [1.807, 2.05) is 30.3 Å². The summed E-state index contributed by atoms with van der Waals surface area (Å²) in [4.78, 5) is 13.5. The number of hydrogen-bond acceptors (Lipinski definition) is 4. The Morgan fingerprint density at radius 1 is 1.16 bits per heavy atom. The van der Waals surface area contributed by atoms with Gasteiger partial charge in [0.15, 0.2) is 0 Å². The van der Waals surface area contributed by atoms with Gasteiger partial charge < -0.3 is 10.5 Å². The SMILES string of the molecule is COC(=O)c1ccc(Sc2ccc(Br)cc2)cc1N. The van der Waals surface area contributed by atoms with Crippen LogP contribution in [0.5, 0.6) is 0 Å². The number of nitrogen functional groups attached to an aromatic ring is 1. The number of carbonyl (C=O) groups excluding carboxylic acids is 1. The first-order valence-corrected chi connectivity index (χ1v) is 7.12. The van der Waals surface area contributed by atoms with Crippen molar-refractivity contribution in [1.82, 2.24) is 0 Å². The van der Waals surface area contributed by atoms with E-state index >= 15 is 0 Å². The van der Waals surface area contributed by atoms with Crippen LogP contribution < -0.4 is 5.73 Å². The summed E-state index contributed by atoms with van der Waals surface area (Å²) in [6.07, 6.45) is 0. The van der Waals surface area contributed by atoms with E-state index in [2.05, 4.69) is 20.7 Å². The summed E-state index contributed by atoms with van der Waals surface area (Å²) in [7, 11) is 1.34. The Kier molecular flexibility index (Phi) is 4.50. The molecule has 0 bridgehead atoms. The van der Waals surface area contributed by atoms with E-state index in [1.54, 1.807) is 23.9 Å². The van der Waals surface area contributed by atoms with E-state index in [9.17, 15) is 4.79 Å². The summed E-state index contributed by atoms with van der Waals surface area (Å²) in [5.74, 6) is -0.419. The number of carbonyl (C=O) groups is 1. The highest BCUT2D eigenvalue weighted by molar-refractivity contribution is 9.10. The van der Waals surface area contributed by atoms with Crippen molar-refractivity contribution < 1.29 is 9.53 Å². The Morgan fingerprint density at radius 2 is 1.79 bits per heavy atom. The first-order valence-electron chi connectivity index (χ1n) is 5.51. The minimum Gasteiger partial charge on any atom is -0.465 e. The quantitative estimate of drug-likeness (QED) is 0.680. The molecule has 0 aliphatic heterocycles. The highest BCUT2D eigenvalue weighted by Crippen LogP contribution is 2.30. The second-order valence-electron chi connectivity index (χ2n) is 3.80. The molecule has 2 aromatic carbocycles. The van der Waals surface area contributed by atoms with Crippen molar-refractivity contribution in [1.29, 1.82) is 0 Å². The van der Waals surface area contributed by atoms with Crippen LogP contribution in [0.25, 0.3) is 0 Å². The van der Waals surface area contributed by atoms with Gasteiger partial charge in [-0.2, -0.15) is 0 Å². The van der Waals surface area contributed by atoms with Crippen molar-refractivity contribution in [3.05, 3.63) is 52.5 Å². The molecular formula is C14H12BrNO2S. The van der Waals surface area contributed by atoms with Gasteiger partial charge in [-0.15, -0.1) is 0 Å². The number of hydrogen-bond donors (Lipinski definition) is 1. The zero-order valence-corrected chi connectivity index (χ0v) is 12.6. The zero-order chi connectivity index (χ0) is 13.8.